The van der Waals surface area contributed by atoms with Crippen LogP contribution in [0.1, 0.15) is 45.8 Å². The minimum atomic E-state index is -0.847. The minimum Gasteiger partial charge on any atom is -0.490 e. The van der Waals surface area contributed by atoms with Gasteiger partial charge in [0.2, 0.25) is 5.91 Å². The topological polar surface area (TPSA) is 80.0 Å². The number of nitrogens with zero attached hydrogens (tertiary/aromatic N) is 1. The first-order valence-corrected chi connectivity index (χ1v) is 10.3. The summed E-state index contributed by atoms with van der Waals surface area (Å²) >= 11 is 3.52. The molecule has 0 aliphatic heterocycles. The molecule has 6 nitrogen and oxygen atoms in total. The minimum absolute atomic E-state index is 0.0356. The molecule has 0 spiro atoms. The second-order valence-electron chi connectivity index (χ2n) is 6.28. The third kappa shape index (κ3) is 5.38. The Morgan fingerprint density at radius 3 is 2.57 bits per heavy atom. The van der Waals surface area contributed by atoms with E-state index in [9.17, 15) is 9.59 Å². The van der Waals surface area contributed by atoms with E-state index in [1.807, 2.05) is 32.9 Å². The van der Waals surface area contributed by atoms with Crippen LogP contribution >= 0.6 is 15.9 Å². The number of carboxylic acid groups (broad SMARTS) is 1. The number of carbonyl (C=O) groups excluding carboxylic acids is 1. The Bertz CT molecular complexity index is 867. The van der Waals surface area contributed by atoms with Crippen LogP contribution in [-0.2, 0) is 9.59 Å². The van der Waals surface area contributed by atoms with Crippen molar-refractivity contribution in [1.82, 2.24) is 4.90 Å². The lowest BCUT2D eigenvalue weighted by atomic mass is 10.1. The van der Waals surface area contributed by atoms with Crippen molar-refractivity contribution < 1.29 is 23.8 Å². The molecule has 0 bridgehead atoms. The van der Waals surface area contributed by atoms with E-state index in [-0.39, 0.29) is 18.9 Å². The molecule has 0 saturated carbocycles. The SMILES string of the molecule is CC/C(=C/C(=O)N(CC)CC)c1cc2c(Br)ccc(OCCCC(=O)O)c2o1. The summed E-state index contributed by atoms with van der Waals surface area (Å²) < 4.78 is 12.6. The number of ether oxygens (including phenoxy) is 1. The number of furan rings is 1. The zero-order chi connectivity index (χ0) is 20.7. The number of amides is 1. The van der Waals surface area contributed by atoms with Crippen LogP contribution in [0.3, 0.4) is 0 Å². The van der Waals surface area contributed by atoms with Crippen molar-refractivity contribution in [2.45, 2.75) is 40.0 Å². The molecule has 1 N–H and O–H groups in total. The van der Waals surface area contributed by atoms with Crippen molar-refractivity contribution in [2.75, 3.05) is 19.7 Å². The summed E-state index contributed by atoms with van der Waals surface area (Å²) in [5, 5.41) is 9.59. The Morgan fingerprint density at radius 1 is 1.25 bits per heavy atom. The molecule has 0 saturated heterocycles. The van der Waals surface area contributed by atoms with Crippen molar-refractivity contribution >= 4 is 44.3 Å². The van der Waals surface area contributed by atoms with Gasteiger partial charge in [0.25, 0.3) is 0 Å². The van der Waals surface area contributed by atoms with Crippen molar-refractivity contribution in [3.63, 3.8) is 0 Å². The summed E-state index contributed by atoms with van der Waals surface area (Å²) in [6.07, 6.45) is 2.75. The Hall–Kier alpha value is -2.28. The number of carbonyl (C=O) groups is 2. The summed E-state index contributed by atoms with van der Waals surface area (Å²) in [6.45, 7) is 7.48. The van der Waals surface area contributed by atoms with Gasteiger partial charge in [0.05, 0.1) is 6.61 Å². The van der Waals surface area contributed by atoms with Crippen LogP contribution in [0.2, 0.25) is 0 Å². The Labute approximate surface area is 173 Å². The summed E-state index contributed by atoms with van der Waals surface area (Å²) in [5.74, 6) is 0.299. The number of carboxylic acids is 1. The maximum Gasteiger partial charge on any atom is 0.303 e. The second-order valence-corrected chi connectivity index (χ2v) is 7.13. The van der Waals surface area contributed by atoms with Gasteiger partial charge in [-0.15, -0.1) is 0 Å². The highest BCUT2D eigenvalue weighted by atomic mass is 79.9. The van der Waals surface area contributed by atoms with E-state index in [2.05, 4.69) is 15.9 Å². The van der Waals surface area contributed by atoms with Gasteiger partial charge in [0.15, 0.2) is 11.3 Å². The highest BCUT2D eigenvalue weighted by molar-refractivity contribution is 9.10. The van der Waals surface area contributed by atoms with Crippen LogP contribution in [-0.4, -0.2) is 41.6 Å². The number of rotatable bonds is 10. The van der Waals surface area contributed by atoms with Gasteiger partial charge >= 0.3 is 5.97 Å². The molecule has 0 radical (unpaired) electrons. The molecular formula is C21H26BrNO5. The van der Waals surface area contributed by atoms with E-state index in [0.717, 1.165) is 15.4 Å². The molecule has 28 heavy (non-hydrogen) atoms. The van der Waals surface area contributed by atoms with Crippen LogP contribution in [0.5, 0.6) is 5.75 Å². The Morgan fingerprint density at radius 2 is 1.96 bits per heavy atom. The molecule has 152 valence electrons. The molecule has 2 aromatic rings. The maximum atomic E-state index is 12.5. The number of likely N-dealkylation sites (N-methyl/N-ethyl adjacent to an activating group) is 1. The molecule has 0 fully saturated rings. The summed E-state index contributed by atoms with van der Waals surface area (Å²) in [7, 11) is 0. The van der Waals surface area contributed by atoms with Gasteiger partial charge in [-0.1, -0.05) is 22.9 Å². The standard InChI is InChI=1S/C21H26BrNO5/c1-4-14(12-19(24)23(5-2)6-3)18-13-15-16(22)9-10-17(21(15)28-18)27-11-7-8-20(25)26/h9-10,12-13H,4-8,11H2,1-3H3,(H,25,26)/b14-12-. The summed E-state index contributed by atoms with van der Waals surface area (Å²) in [5.41, 5.74) is 1.39. The van der Waals surface area contributed by atoms with Crippen LogP contribution < -0.4 is 4.74 Å². The van der Waals surface area contributed by atoms with Crippen molar-refractivity contribution in [3.05, 3.63) is 34.5 Å². The predicted octanol–water partition coefficient (Wildman–Crippen LogP) is 5.10. The number of allylic oxidation sites excluding steroid dienone is 1. The van der Waals surface area contributed by atoms with Gasteiger partial charge in [0.1, 0.15) is 5.76 Å². The number of halogens is 1. The maximum absolute atomic E-state index is 12.5. The number of hydrogen-bond donors (Lipinski definition) is 1. The third-order valence-electron chi connectivity index (χ3n) is 4.46. The zero-order valence-corrected chi connectivity index (χ0v) is 18.0. The lowest BCUT2D eigenvalue weighted by Gasteiger charge is -2.16. The smallest absolute Gasteiger partial charge is 0.303 e. The predicted molar refractivity (Wildman–Crippen MR) is 112 cm³/mol. The molecule has 1 heterocycles. The summed E-state index contributed by atoms with van der Waals surface area (Å²) in [4.78, 5) is 24.8. The van der Waals surface area contributed by atoms with E-state index >= 15 is 0 Å². The van der Waals surface area contributed by atoms with Crippen molar-refractivity contribution in [2.24, 2.45) is 0 Å². The first-order chi connectivity index (χ1) is 13.4. The fourth-order valence-corrected chi connectivity index (χ4v) is 3.29. The molecular weight excluding hydrogens is 426 g/mol. The average molecular weight is 452 g/mol. The Balaban J connectivity index is 2.32. The van der Waals surface area contributed by atoms with Crippen LogP contribution in [0.4, 0.5) is 0 Å². The van der Waals surface area contributed by atoms with Gasteiger partial charge in [-0.05, 0) is 50.5 Å². The largest absolute Gasteiger partial charge is 0.490 e. The lowest BCUT2D eigenvalue weighted by Crippen LogP contribution is -2.28. The van der Waals surface area contributed by atoms with E-state index in [0.29, 0.717) is 43.0 Å². The molecule has 0 unspecified atom stereocenters. The van der Waals surface area contributed by atoms with E-state index in [1.54, 1.807) is 17.0 Å². The highest BCUT2D eigenvalue weighted by Crippen LogP contribution is 2.37. The van der Waals surface area contributed by atoms with Crippen LogP contribution in [0.25, 0.3) is 16.5 Å². The highest BCUT2D eigenvalue weighted by Gasteiger charge is 2.16. The van der Waals surface area contributed by atoms with Gasteiger partial charge in [-0.3, -0.25) is 9.59 Å². The van der Waals surface area contributed by atoms with Gasteiger partial charge in [-0.25, -0.2) is 0 Å². The van der Waals surface area contributed by atoms with E-state index < -0.39 is 5.97 Å². The first-order valence-electron chi connectivity index (χ1n) is 9.47. The van der Waals surface area contributed by atoms with E-state index in [4.69, 9.17) is 14.3 Å². The first kappa shape index (κ1) is 22.0. The molecule has 1 amide bonds. The third-order valence-corrected chi connectivity index (χ3v) is 5.15. The fraction of sp³-hybridized carbons (Fsp3) is 0.429. The molecule has 2 rings (SSSR count). The normalized spacial score (nSPS) is 11.6. The van der Waals surface area contributed by atoms with Gasteiger partial charge in [0, 0.05) is 35.4 Å². The lowest BCUT2D eigenvalue weighted by molar-refractivity contribution is -0.137. The van der Waals surface area contributed by atoms with E-state index in [1.165, 1.54) is 0 Å². The monoisotopic (exact) mass is 451 g/mol. The van der Waals surface area contributed by atoms with Gasteiger partial charge < -0.3 is 19.2 Å². The van der Waals surface area contributed by atoms with Crippen molar-refractivity contribution in [3.8, 4) is 5.75 Å². The van der Waals surface area contributed by atoms with Crippen molar-refractivity contribution in [1.29, 1.82) is 0 Å². The van der Waals surface area contributed by atoms with Gasteiger partial charge in [-0.2, -0.15) is 0 Å². The molecule has 1 aromatic carbocycles. The summed E-state index contributed by atoms with van der Waals surface area (Å²) in [6, 6.07) is 5.55. The number of fused-ring (bicyclic) bond motifs is 1. The number of hydrogen-bond acceptors (Lipinski definition) is 4. The second kappa shape index (κ2) is 10.3. The average Bonchev–Trinajstić information content (AvgIpc) is 3.12. The van der Waals surface area contributed by atoms with Crippen LogP contribution in [0.15, 0.2) is 33.2 Å². The zero-order valence-electron chi connectivity index (χ0n) is 16.5. The fourth-order valence-electron chi connectivity index (χ4n) is 2.87. The van der Waals surface area contributed by atoms with Crippen LogP contribution in [0, 0.1) is 0 Å². The Kier molecular flexibility index (Phi) is 8.11. The molecule has 0 atom stereocenters. The molecule has 1 aromatic heterocycles. The number of benzene rings is 1. The quantitative estimate of drug-likeness (QED) is 0.401. The number of aliphatic carboxylic acids is 1. The molecule has 0 aliphatic carbocycles. The molecule has 7 heteroatoms. The molecule has 0 aliphatic rings.